The molecule has 1 rings (SSSR count). The number of para-hydroxylation sites is 1. The molecule has 0 aliphatic heterocycles. The number of rotatable bonds is 3. The molecule has 0 radical (unpaired) electrons. The van der Waals surface area contributed by atoms with Gasteiger partial charge in [0.25, 0.3) is 6.43 Å². The maximum absolute atomic E-state index is 11.9. The fraction of sp³-hybridized carbons (Fsp3) is 0.300. The van der Waals surface area contributed by atoms with Gasteiger partial charge >= 0.3 is 6.09 Å². The molecule has 0 N–H and O–H groups in total. The fourth-order valence-electron chi connectivity index (χ4n) is 0.949. The van der Waals surface area contributed by atoms with E-state index in [1.54, 1.807) is 30.3 Å². The molecule has 0 bridgehead atoms. The quantitative estimate of drug-likeness (QED) is 0.774. The summed E-state index contributed by atoms with van der Waals surface area (Å²) in [4.78, 5) is 12.0. The summed E-state index contributed by atoms with van der Waals surface area (Å²) in [7, 11) is 1.26. The van der Waals surface area contributed by atoms with Crippen LogP contribution in [0.1, 0.15) is 0 Å². The molecule has 0 spiro atoms. The summed E-state index contributed by atoms with van der Waals surface area (Å²) in [5.41, 5.74) is 0. The van der Waals surface area contributed by atoms with Crippen LogP contribution in [0, 0.1) is 0 Å². The van der Waals surface area contributed by atoms with Crippen molar-refractivity contribution in [3.63, 3.8) is 0 Å². The zero-order chi connectivity index (χ0) is 11.3. The van der Waals surface area contributed by atoms with E-state index in [0.717, 1.165) is 4.90 Å². The smallest absolute Gasteiger partial charge is 0.410 e. The van der Waals surface area contributed by atoms with Gasteiger partial charge in [0.1, 0.15) is 5.75 Å². The van der Waals surface area contributed by atoms with Crippen LogP contribution in [0.4, 0.5) is 13.6 Å². The topological polar surface area (TPSA) is 29.5 Å². The Balaban J connectivity index is 2.49. The van der Waals surface area contributed by atoms with E-state index < -0.39 is 19.1 Å². The first-order valence-electron chi connectivity index (χ1n) is 4.35. The monoisotopic (exact) mass is 215 g/mol. The van der Waals surface area contributed by atoms with E-state index in [1.165, 1.54) is 7.05 Å². The molecule has 1 aromatic carbocycles. The van der Waals surface area contributed by atoms with Crippen LogP contribution in [0.5, 0.6) is 5.75 Å². The van der Waals surface area contributed by atoms with Crippen molar-refractivity contribution in [1.29, 1.82) is 0 Å². The number of alkyl halides is 2. The Kier molecular flexibility index (Phi) is 4.03. The summed E-state index contributed by atoms with van der Waals surface area (Å²) in [6, 6.07) is 8.30. The number of amides is 1. The van der Waals surface area contributed by atoms with E-state index in [9.17, 15) is 13.6 Å². The summed E-state index contributed by atoms with van der Waals surface area (Å²) in [6.45, 7) is -0.633. The lowest BCUT2D eigenvalue weighted by Crippen LogP contribution is -2.33. The van der Waals surface area contributed by atoms with Crippen molar-refractivity contribution in [2.24, 2.45) is 0 Å². The lowest BCUT2D eigenvalue weighted by Gasteiger charge is -2.15. The summed E-state index contributed by atoms with van der Waals surface area (Å²) in [5.74, 6) is 0.337. The van der Waals surface area contributed by atoms with Gasteiger partial charge in [-0.25, -0.2) is 13.6 Å². The number of hydrogen-bond donors (Lipinski definition) is 0. The number of ether oxygens (including phenoxy) is 1. The summed E-state index contributed by atoms with van der Waals surface area (Å²) >= 11 is 0. The van der Waals surface area contributed by atoms with Gasteiger partial charge in [-0.3, -0.25) is 0 Å². The van der Waals surface area contributed by atoms with E-state index >= 15 is 0 Å². The number of hydrogen-bond acceptors (Lipinski definition) is 2. The van der Waals surface area contributed by atoms with E-state index in [4.69, 9.17) is 4.74 Å². The minimum absolute atomic E-state index is 0.337. The molecule has 0 aromatic heterocycles. The summed E-state index contributed by atoms with van der Waals surface area (Å²) in [5, 5.41) is 0. The number of carbonyl (C=O) groups excluding carboxylic acids is 1. The van der Waals surface area contributed by atoms with Crippen molar-refractivity contribution >= 4 is 6.09 Å². The van der Waals surface area contributed by atoms with Gasteiger partial charge in [-0.1, -0.05) is 18.2 Å². The molecular formula is C10H11F2NO2. The molecule has 1 amide bonds. The molecular weight excluding hydrogens is 204 g/mol. The van der Waals surface area contributed by atoms with Gasteiger partial charge in [0.15, 0.2) is 0 Å². The van der Waals surface area contributed by atoms with Crippen LogP contribution in [0.2, 0.25) is 0 Å². The largest absolute Gasteiger partial charge is 0.415 e. The molecule has 0 unspecified atom stereocenters. The van der Waals surface area contributed by atoms with Crippen LogP contribution in [0.15, 0.2) is 30.3 Å². The first kappa shape index (κ1) is 11.4. The van der Waals surface area contributed by atoms with E-state index in [1.807, 2.05) is 0 Å². The van der Waals surface area contributed by atoms with Crippen molar-refractivity contribution in [1.82, 2.24) is 4.90 Å². The maximum atomic E-state index is 11.9. The van der Waals surface area contributed by atoms with Gasteiger partial charge < -0.3 is 9.64 Å². The average Bonchev–Trinajstić information content (AvgIpc) is 2.18. The molecule has 3 nitrogen and oxygen atoms in total. The molecule has 1 aromatic rings. The van der Waals surface area contributed by atoms with Crippen molar-refractivity contribution in [2.75, 3.05) is 13.6 Å². The molecule has 0 aliphatic rings. The number of carbonyl (C=O) groups is 1. The van der Waals surface area contributed by atoms with Crippen molar-refractivity contribution in [3.8, 4) is 5.75 Å². The SMILES string of the molecule is CN(CC(F)F)C(=O)Oc1ccccc1. The number of nitrogens with zero attached hydrogens (tertiary/aromatic N) is 1. The first-order valence-corrected chi connectivity index (χ1v) is 4.35. The normalized spacial score (nSPS) is 10.1. The maximum Gasteiger partial charge on any atom is 0.415 e. The highest BCUT2D eigenvalue weighted by Gasteiger charge is 2.15. The molecule has 5 heteroatoms. The second-order valence-electron chi connectivity index (χ2n) is 2.95. The number of halogens is 2. The van der Waals surface area contributed by atoms with Crippen LogP contribution < -0.4 is 4.74 Å². The van der Waals surface area contributed by atoms with Crippen LogP contribution in [-0.2, 0) is 0 Å². The van der Waals surface area contributed by atoms with Gasteiger partial charge in [-0.05, 0) is 12.1 Å². The second kappa shape index (κ2) is 5.29. The molecule has 0 saturated heterocycles. The molecule has 0 atom stereocenters. The van der Waals surface area contributed by atoms with Gasteiger partial charge in [-0.15, -0.1) is 0 Å². The zero-order valence-electron chi connectivity index (χ0n) is 8.19. The highest BCUT2D eigenvalue weighted by Crippen LogP contribution is 2.10. The molecule has 0 saturated carbocycles. The van der Waals surface area contributed by atoms with Crippen LogP contribution in [0.3, 0.4) is 0 Å². The van der Waals surface area contributed by atoms with E-state index in [0.29, 0.717) is 5.75 Å². The predicted molar refractivity (Wildman–Crippen MR) is 51.1 cm³/mol. The third-order valence-corrected chi connectivity index (χ3v) is 1.67. The van der Waals surface area contributed by atoms with Gasteiger partial charge in [-0.2, -0.15) is 0 Å². The van der Waals surface area contributed by atoms with E-state index in [2.05, 4.69) is 0 Å². The van der Waals surface area contributed by atoms with Crippen LogP contribution >= 0.6 is 0 Å². The van der Waals surface area contributed by atoms with Gasteiger partial charge in [0.05, 0.1) is 6.54 Å². The molecule has 0 heterocycles. The van der Waals surface area contributed by atoms with Crippen molar-refractivity contribution in [2.45, 2.75) is 6.43 Å². The van der Waals surface area contributed by atoms with Crippen molar-refractivity contribution < 1.29 is 18.3 Å². The molecule has 0 fully saturated rings. The molecule has 82 valence electrons. The summed E-state index contributed by atoms with van der Waals surface area (Å²) < 4.78 is 28.7. The fourth-order valence-corrected chi connectivity index (χ4v) is 0.949. The Bertz CT molecular complexity index is 316. The Morgan fingerprint density at radius 3 is 2.53 bits per heavy atom. The lowest BCUT2D eigenvalue weighted by molar-refractivity contribution is 0.0934. The van der Waals surface area contributed by atoms with E-state index in [-0.39, 0.29) is 0 Å². The minimum atomic E-state index is -2.56. The summed E-state index contributed by atoms with van der Waals surface area (Å²) in [6.07, 6.45) is -3.35. The molecule has 15 heavy (non-hydrogen) atoms. The Morgan fingerprint density at radius 1 is 1.40 bits per heavy atom. The minimum Gasteiger partial charge on any atom is -0.410 e. The standard InChI is InChI=1S/C10H11F2NO2/c1-13(7-9(11)12)10(14)15-8-5-3-2-4-6-8/h2-6,9H,7H2,1H3. The average molecular weight is 215 g/mol. The number of benzene rings is 1. The van der Waals surface area contributed by atoms with Crippen molar-refractivity contribution in [3.05, 3.63) is 30.3 Å². The Labute approximate surface area is 86.3 Å². The van der Waals surface area contributed by atoms with Crippen LogP contribution in [-0.4, -0.2) is 31.0 Å². The highest BCUT2D eigenvalue weighted by atomic mass is 19.3. The van der Waals surface area contributed by atoms with Gasteiger partial charge in [0, 0.05) is 7.05 Å². The lowest BCUT2D eigenvalue weighted by atomic mass is 10.3. The second-order valence-corrected chi connectivity index (χ2v) is 2.95. The Morgan fingerprint density at radius 2 is 2.00 bits per heavy atom. The Hall–Kier alpha value is -1.65. The van der Waals surface area contributed by atoms with Gasteiger partial charge in [0.2, 0.25) is 0 Å². The first-order chi connectivity index (χ1) is 7.09. The predicted octanol–water partition coefficient (Wildman–Crippen LogP) is 2.38. The third kappa shape index (κ3) is 3.93. The third-order valence-electron chi connectivity index (χ3n) is 1.67. The van der Waals surface area contributed by atoms with Crippen LogP contribution in [0.25, 0.3) is 0 Å². The zero-order valence-corrected chi connectivity index (χ0v) is 8.19. The molecule has 0 aliphatic carbocycles. The highest BCUT2D eigenvalue weighted by molar-refractivity contribution is 5.70.